The molecule has 118 valence electrons. The molecule has 1 aromatic carbocycles. The highest BCUT2D eigenvalue weighted by molar-refractivity contribution is 5.19. The Morgan fingerprint density at radius 1 is 1.33 bits per heavy atom. The lowest BCUT2D eigenvalue weighted by Gasteiger charge is -2.22. The van der Waals surface area contributed by atoms with Crippen LogP contribution in [0.1, 0.15) is 51.6 Å². The first-order valence-corrected chi connectivity index (χ1v) is 7.81. The normalized spacial score (nSPS) is 22.4. The van der Waals surface area contributed by atoms with Crippen LogP contribution < -0.4 is 5.32 Å². The zero-order valence-corrected chi connectivity index (χ0v) is 13.2. The lowest BCUT2D eigenvalue weighted by molar-refractivity contribution is -0.137. The van der Waals surface area contributed by atoms with Gasteiger partial charge < -0.3 is 14.8 Å². The Bertz CT molecular complexity index is 433. The van der Waals surface area contributed by atoms with Gasteiger partial charge in [0.05, 0.1) is 12.7 Å². The Kier molecular flexibility index (Phi) is 5.73. The van der Waals surface area contributed by atoms with Crippen LogP contribution in [-0.4, -0.2) is 25.0 Å². The molecule has 0 spiro atoms. The molecule has 2 unspecified atom stereocenters. The zero-order chi connectivity index (χ0) is 15.3. The van der Waals surface area contributed by atoms with Crippen LogP contribution in [0.25, 0.3) is 0 Å². The van der Waals surface area contributed by atoms with Crippen LogP contribution >= 0.6 is 0 Å². The molecule has 1 saturated heterocycles. The molecule has 3 nitrogen and oxygen atoms in total. The van der Waals surface area contributed by atoms with Crippen LogP contribution in [0.5, 0.6) is 0 Å². The molecule has 2 atom stereocenters. The van der Waals surface area contributed by atoms with Crippen molar-refractivity contribution in [3.8, 4) is 0 Å². The van der Waals surface area contributed by atoms with E-state index in [1.54, 1.807) is 0 Å². The van der Waals surface area contributed by atoms with Crippen LogP contribution in [-0.2, 0) is 9.47 Å². The largest absolute Gasteiger partial charge is 0.348 e. The number of nitrogens with one attached hydrogen (secondary N) is 1. The smallest absolute Gasteiger partial charge is 0.163 e. The fourth-order valence-corrected chi connectivity index (χ4v) is 2.63. The van der Waals surface area contributed by atoms with Crippen molar-refractivity contribution in [2.24, 2.45) is 0 Å². The number of halogens is 1. The summed E-state index contributed by atoms with van der Waals surface area (Å²) in [6.45, 7) is 7.40. The molecule has 1 aliphatic rings. The molecular weight excluding hydrogens is 269 g/mol. The third-order valence-electron chi connectivity index (χ3n) is 3.78. The Balaban J connectivity index is 1.92. The van der Waals surface area contributed by atoms with Gasteiger partial charge in [0.1, 0.15) is 5.82 Å². The minimum absolute atomic E-state index is 0.0737. The van der Waals surface area contributed by atoms with Gasteiger partial charge in [-0.25, -0.2) is 4.39 Å². The van der Waals surface area contributed by atoms with Gasteiger partial charge in [-0.15, -0.1) is 0 Å². The van der Waals surface area contributed by atoms with E-state index in [1.807, 2.05) is 26.0 Å². The predicted octanol–water partition coefficient (Wildman–Crippen LogP) is 3.80. The second-order valence-corrected chi connectivity index (χ2v) is 6.11. The number of unbranched alkanes of at least 4 members (excludes halogenated alkanes) is 1. The van der Waals surface area contributed by atoms with Crippen molar-refractivity contribution in [2.45, 2.75) is 58.0 Å². The molecule has 0 aromatic heterocycles. The molecular formula is C17H26FNO2. The first kappa shape index (κ1) is 16.4. The molecule has 4 heteroatoms. The second-order valence-electron chi connectivity index (χ2n) is 6.11. The minimum Gasteiger partial charge on any atom is -0.348 e. The fraction of sp³-hybridized carbons (Fsp3) is 0.647. The fourth-order valence-electron chi connectivity index (χ4n) is 2.63. The predicted molar refractivity (Wildman–Crippen MR) is 81.6 cm³/mol. The van der Waals surface area contributed by atoms with E-state index in [-0.39, 0.29) is 18.0 Å². The van der Waals surface area contributed by atoms with Gasteiger partial charge >= 0.3 is 0 Å². The van der Waals surface area contributed by atoms with E-state index in [1.165, 1.54) is 12.1 Å². The van der Waals surface area contributed by atoms with E-state index < -0.39 is 5.79 Å². The van der Waals surface area contributed by atoms with Gasteiger partial charge in [0.2, 0.25) is 0 Å². The van der Waals surface area contributed by atoms with E-state index in [4.69, 9.17) is 9.47 Å². The summed E-state index contributed by atoms with van der Waals surface area (Å²) in [5.74, 6) is -0.677. The first-order valence-electron chi connectivity index (χ1n) is 7.81. The maximum atomic E-state index is 13.1. The average Bonchev–Trinajstić information content (AvgIpc) is 2.80. The number of benzene rings is 1. The minimum atomic E-state index is -0.485. The summed E-state index contributed by atoms with van der Waals surface area (Å²) in [5.41, 5.74) is 1.13. The summed E-state index contributed by atoms with van der Waals surface area (Å²) < 4.78 is 24.5. The van der Waals surface area contributed by atoms with Crippen molar-refractivity contribution >= 4 is 0 Å². The Hall–Kier alpha value is -0.970. The molecule has 0 saturated carbocycles. The Morgan fingerprint density at radius 2 is 2.05 bits per heavy atom. The van der Waals surface area contributed by atoms with Gasteiger partial charge in [-0.1, -0.05) is 31.9 Å². The van der Waals surface area contributed by atoms with Crippen molar-refractivity contribution < 1.29 is 13.9 Å². The summed E-state index contributed by atoms with van der Waals surface area (Å²) in [5, 5.41) is 3.54. The van der Waals surface area contributed by atoms with Gasteiger partial charge in [-0.3, -0.25) is 0 Å². The van der Waals surface area contributed by atoms with E-state index in [9.17, 15) is 4.39 Å². The number of hydrogen-bond donors (Lipinski definition) is 1. The quantitative estimate of drug-likeness (QED) is 0.830. The van der Waals surface area contributed by atoms with Crippen molar-refractivity contribution in [1.29, 1.82) is 0 Å². The molecule has 0 bridgehead atoms. The van der Waals surface area contributed by atoms with Gasteiger partial charge in [-0.2, -0.15) is 0 Å². The number of ether oxygens (including phenoxy) is 2. The molecule has 1 heterocycles. The highest BCUT2D eigenvalue weighted by atomic mass is 19.1. The molecule has 1 aliphatic heterocycles. The lowest BCUT2D eigenvalue weighted by atomic mass is 10.0. The van der Waals surface area contributed by atoms with E-state index >= 15 is 0 Å². The molecule has 1 aromatic rings. The first-order chi connectivity index (χ1) is 10.00. The summed E-state index contributed by atoms with van der Waals surface area (Å²) in [6, 6.07) is 7.00. The average molecular weight is 295 g/mol. The highest BCUT2D eigenvalue weighted by Gasteiger charge is 2.32. The van der Waals surface area contributed by atoms with E-state index in [0.29, 0.717) is 6.61 Å². The maximum Gasteiger partial charge on any atom is 0.163 e. The van der Waals surface area contributed by atoms with E-state index in [0.717, 1.165) is 31.4 Å². The molecule has 0 aliphatic carbocycles. The van der Waals surface area contributed by atoms with Crippen LogP contribution in [0.3, 0.4) is 0 Å². The van der Waals surface area contributed by atoms with E-state index in [2.05, 4.69) is 12.2 Å². The summed E-state index contributed by atoms with van der Waals surface area (Å²) in [4.78, 5) is 0. The Morgan fingerprint density at radius 3 is 2.62 bits per heavy atom. The van der Waals surface area contributed by atoms with Crippen molar-refractivity contribution in [3.63, 3.8) is 0 Å². The van der Waals surface area contributed by atoms with Gasteiger partial charge in [-0.05, 0) is 38.0 Å². The van der Waals surface area contributed by atoms with Gasteiger partial charge in [0, 0.05) is 12.6 Å². The van der Waals surface area contributed by atoms with Gasteiger partial charge in [0.15, 0.2) is 5.79 Å². The zero-order valence-electron chi connectivity index (χ0n) is 13.2. The summed E-state index contributed by atoms with van der Waals surface area (Å²) in [6.07, 6.45) is 3.40. The van der Waals surface area contributed by atoms with Crippen LogP contribution in [0.2, 0.25) is 0 Å². The highest BCUT2D eigenvalue weighted by Crippen LogP contribution is 2.24. The maximum absolute atomic E-state index is 13.1. The van der Waals surface area contributed by atoms with Crippen LogP contribution in [0.15, 0.2) is 24.3 Å². The van der Waals surface area contributed by atoms with Gasteiger partial charge in [0.25, 0.3) is 0 Å². The second kappa shape index (κ2) is 7.34. The molecule has 1 N–H and O–H groups in total. The Labute approximate surface area is 126 Å². The molecule has 21 heavy (non-hydrogen) atoms. The van der Waals surface area contributed by atoms with Crippen molar-refractivity contribution in [1.82, 2.24) is 5.32 Å². The monoisotopic (exact) mass is 295 g/mol. The number of hydrogen-bond acceptors (Lipinski definition) is 3. The molecule has 0 amide bonds. The topological polar surface area (TPSA) is 30.5 Å². The standard InChI is InChI=1S/C17H26FNO2/c1-4-5-6-16(13-7-9-14(18)10-8-13)19-11-15-12-20-17(2,3)21-15/h7-10,15-16,19H,4-6,11-12H2,1-3H3. The SMILES string of the molecule is CCCCC(NCC1COC(C)(C)O1)c1ccc(F)cc1. The molecule has 2 rings (SSSR count). The van der Waals surface area contributed by atoms with Crippen molar-refractivity contribution in [3.05, 3.63) is 35.6 Å². The number of rotatable bonds is 7. The summed E-state index contributed by atoms with van der Waals surface area (Å²) in [7, 11) is 0. The third-order valence-corrected chi connectivity index (χ3v) is 3.78. The van der Waals surface area contributed by atoms with Crippen LogP contribution in [0, 0.1) is 5.82 Å². The van der Waals surface area contributed by atoms with Crippen LogP contribution in [0.4, 0.5) is 4.39 Å². The summed E-state index contributed by atoms with van der Waals surface area (Å²) >= 11 is 0. The molecule has 1 fully saturated rings. The molecule has 0 radical (unpaired) electrons. The third kappa shape index (κ3) is 5.06. The lowest BCUT2D eigenvalue weighted by Crippen LogP contribution is -2.33. The van der Waals surface area contributed by atoms with Crippen molar-refractivity contribution in [2.75, 3.05) is 13.2 Å².